The molecule has 0 saturated carbocycles. The summed E-state index contributed by atoms with van der Waals surface area (Å²) in [5.41, 5.74) is -1.64. The summed E-state index contributed by atoms with van der Waals surface area (Å²) in [6.07, 6.45) is 0. The number of hydrogen-bond donors (Lipinski definition) is 2. The van der Waals surface area contributed by atoms with Crippen molar-refractivity contribution in [3.63, 3.8) is 0 Å². The number of halogens is 6. The molecule has 0 saturated heterocycles. The second kappa shape index (κ2) is 11.8. The summed E-state index contributed by atoms with van der Waals surface area (Å²) in [4.78, 5) is 25.9. The van der Waals surface area contributed by atoms with E-state index in [1.165, 1.54) is 13.8 Å². The smallest absolute Gasteiger partial charge is 0.344 e. The van der Waals surface area contributed by atoms with Gasteiger partial charge in [-0.15, -0.1) is 0 Å². The highest BCUT2D eigenvalue weighted by atomic mass is 79.9. The van der Waals surface area contributed by atoms with E-state index in [4.69, 9.17) is 0 Å². The zero-order valence-electron chi connectivity index (χ0n) is 18.2. The highest BCUT2D eigenvalue weighted by Gasteiger charge is 2.53. The van der Waals surface area contributed by atoms with Gasteiger partial charge in [0.25, 0.3) is 11.8 Å². The van der Waals surface area contributed by atoms with E-state index in [0.717, 1.165) is 0 Å². The van der Waals surface area contributed by atoms with Crippen LogP contribution in [0, 0.1) is 0 Å². The Morgan fingerprint density at radius 2 is 1.00 bits per heavy atom. The first-order valence-electron chi connectivity index (χ1n) is 10.1. The van der Waals surface area contributed by atoms with Crippen molar-refractivity contribution in [3.8, 4) is 0 Å². The molecule has 0 aliphatic heterocycles. The van der Waals surface area contributed by atoms with Crippen LogP contribution >= 0.6 is 31.9 Å². The summed E-state index contributed by atoms with van der Waals surface area (Å²) < 4.78 is 60.3. The maximum Gasteiger partial charge on any atom is 0.350 e. The second-order valence-corrected chi connectivity index (χ2v) is 8.32. The average Bonchev–Trinajstić information content (AvgIpc) is 2.82. The quantitative estimate of drug-likeness (QED) is 0.251. The van der Waals surface area contributed by atoms with Crippen molar-refractivity contribution in [1.29, 1.82) is 0 Å². The molecule has 2 N–H and O–H groups in total. The van der Waals surface area contributed by atoms with Crippen LogP contribution in [0.25, 0.3) is 0 Å². The minimum absolute atomic E-state index is 0.509. The molecule has 0 radical (unpaired) electrons. The van der Waals surface area contributed by atoms with Gasteiger partial charge in [-0.3, -0.25) is 9.59 Å². The summed E-state index contributed by atoms with van der Waals surface area (Å²) in [5.74, 6) is -12.4. The van der Waals surface area contributed by atoms with E-state index < -0.39 is 46.9 Å². The zero-order valence-corrected chi connectivity index (χ0v) is 21.3. The number of carbonyl (C=O) groups excluding carboxylic acids is 2. The molecule has 2 rings (SSSR count). The summed E-state index contributed by atoms with van der Waals surface area (Å²) >= 11 is 5.31. The van der Waals surface area contributed by atoms with Gasteiger partial charge in [-0.05, 0) is 34.9 Å². The van der Waals surface area contributed by atoms with Gasteiger partial charge in [0, 0.05) is 11.1 Å². The predicted octanol–water partition coefficient (Wildman–Crippen LogP) is 6.57. The lowest BCUT2D eigenvalue weighted by atomic mass is 9.95. The fourth-order valence-corrected chi connectivity index (χ4v) is 4.13. The molecular weight excluding hydrogens is 584 g/mol. The number of amides is 2. The zero-order chi connectivity index (χ0) is 25.5. The van der Waals surface area contributed by atoms with Crippen molar-refractivity contribution >= 4 is 43.7 Å². The van der Waals surface area contributed by atoms with Crippen molar-refractivity contribution in [2.75, 3.05) is 0 Å². The SMILES string of the molecule is C[C@H](NC(=O)C(F)(F)C(=C\Br)/C(=C/Br)C(F)(F)C(=O)N[C@@H](C)c1ccccc1)c1ccccc1. The molecule has 34 heavy (non-hydrogen) atoms. The third-order valence-corrected chi connectivity index (χ3v) is 5.97. The molecule has 2 aromatic carbocycles. The number of hydrogen-bond acceptors (Lipinski definition) is 2. The van der Waals surface area contributed by atoms with Crippen LogP contribution in [-0.2, 0) is 9.59 Å². The number of alkyl halides is 4. The van der Waals surface area contributed by atoms with Gasteiger partial charge < -0.3 is 10.6 Å². The van der Waals surface area contributed by atoms with E-state index in [2.05, 4.69) is 42.5 Å². The molecule has 2 amide bonds. The van der Waals surface area contributed by atoms with Gasteiger partial charge in [0.1, 0.15) is 0 Å². The summed E-state index contributed by atoms with van der Waals surface area (Å²) in [5, 5.41) is 4.25. The van der Waals surface area contributed by atoms with E-state index in [1.807, 2.05) is 0 Å². The molecular formula is C24H22Br2F4N2O2. The van der Waals surface area contributed by atoms with Crippen LogP contribution in [0.3, 0.4) is 0 Å². The monoisotopic (exact) mass is 604 g/mol. The molecule has 2 atom stereocenters. The number of rotatable bonds is 9. The van der Waals surface area contributed by atoms with Crippen LogP contribution in [0.15, 0.2) is 81.8 Å². The maximum absolute atomic E-state index is 15.1. The van der Waals surface area contributed by atoms with Crippen LogP contribution < -0.4 is 10.6 Å². The maximum atomic E-state index is 15.1. The number of nitrogens with one attached hydrogen (secondary N) is 2. The fourth-order valence-electron chi connectivity index (χ4n) is 3.06. The van der Waals surface area contributed by atoms with Gasteiger partial charge in [-0.25, -0.2) is 0 Å². The van der Waals surface area contributed by atoms with Crippen molar-refractivity contribution in [1.82, 2.24) is 10.6 Å². The molecule has 0 bridgehead atoms. The number of benzene rings is 2. The summed E-state index contributed by atoms with van der Waals surface area (Å²) in [6, 6.07) is 15.0. The minimum Gasteiger partial charge on any atom is -0.344 e. The van der Waals surface area contributed by atoms with Gasteiger partial charge in [-0.2, -0.15) is 17.6 Å². The number of carbonyl (C=O) groups is 2. The first-order chi connectivity index (χ1) is 16.0. The first-order valence-corrected chi connectivity index (χ1v) is 11.9. The molecule has 0 aromatic heterocycles. The van der Waals surface area contributed by atoms with E-state index in [9.17, 15) is 9.59 Å². The molecule has 0 aliphatic carbocycles. The molecule has 0 unspecified atom stereocenters. The van der Waals surface area contributed by atoms with Gasteiger partial charge in [0.15, 0.2) is 0 Å². The van der Waals surface area contributed by atoms with Gasteiger partial charge in [-0.1, -0.05) is 92.5 Å². The molecule has 182 valence electrons. The van der Waals surface area contributed by atoms with Crippen LogP contribution in [0.2, 0.25) is 0 Å². The molecule has 10 heteroatoms. The van der Waals surface area contributed by atoms with Crippen LogP contribution in [-0.4, -0.2) is 23.7 Å². The fraction of sp³-hybridized carbons (Fsp3) is 0.250. The lowest BCUT2D eigenvalue weighted by Gasteiger charge is -2.27. The minimum atomic E-state index is -4.39. The Bertz CT molecular complexity index is 976. The van der Waals surface area contributed by atoms with Crippen LogP contribution in [0.1, 0.15) is 37.1 Å². The van der Waals surface area contributed by atoms with Gasteiger partial charge in [0.2, 0.25) is 0 Å². The standard InChI is InChI=1S/C24H22Br2F4N2O2/c1-15(17-9-5-3-6-10-17)31-21(33)23(27,28)19(13-25)20(14-26)24(29,30)22(34)32-16(2)18-11-7-4-8-12-18/h3-16H,1-2H3,(H,31,33)(H,32,34)/b19-13-,20-14-/t15-,16-/m0/s1. The third-order valence-electron chi connectivity index (χ3n) is 5.05. The average molecular weight is 606 g/mol. The Hall–Kier alpha value is -2.46. The Labute approximate surface area is 211 Å². The Morgan fingerprint density at radius 1 is 0.706 bits per heavy atom. The third kappa shape index (κ3) is 6.35. The second-order valence-electron chi connectivity index (χ2n) is 7.41. The molecule has 0 spiro atoms. The van der Waals surface area contributed by atoms with Crippen molar-refractivity contribution < 1.29 is 27.2 Å². The Balaban J connectivity index is 2.25. The molecule has 4 nitrogen and oxygen atoms in total. The Morgan fingerprint density at radius 3 is 1.26 bits per heavy atom. The summed E-state index contributed by atoms with van der Waals surface area (Å²) in [7, 11) is 0. The van der Waals surface area contributed by atoms with Crippen molar-refractivity contribution in [2.45, 2.75) is 37.8 Å². The Kier molecular flexibility index (Phi) is 9.64. The lowest BCUT2D eigenvalue weighted by molar-refractivity contribution is -0.145. The van der Waals surface area contributed by atoms with E-state index >= 15 is 17.6 Å². The van der Waals surface area contributed by atoms with Crippen LogP contribution in [0.4, 0.5) is 17.6 Å². The lowest BCUT2D eigenvalue weighted by Crippen LogP contribution is -2.48. The first kappa shape index (κ1) is 27.8. The molecule has 0 heterocycles. The highest BCUT2D eigenvalue weighted by molar-refractivity contribution is 9.11. The topological polar surface area (TPSA) is 58.2 Å². The van der Waals surface area contributed by atoms with Gasteiger partial charge in [0.05, 0.1) is 12.1 Å². The van der Waals surface area contributed by atoms with Crippen molar-refractivity contribution in [2.24, 2.45) is 0 Å². The highest BCUT2D eigenvalue weighted by Crippen LogP contribution is 2.40. The largest absolute Gasteiger partial charge is 0.350 e. The normalized spacial score (nSPS) is 14.8. The van der Waals surface area contributed by atoms with E-state index in [0.29, 0.717) is 21.1 Å². The van der Waals surface area contributed by atoms with E-state index in [-0.39, 0.29) is 0 Å². The van der Waals surface area contributed by atoms with Crippen molar-refractivity contribution in [3.05, 3.63) is 92.9 Å². The van der Waals surface area contributed by atoms with E-state index in [1.54, 1.807) is 60.7 Å². The molecule has 2 aromatic rings. The predicted molar refractivity (Wildman–Crippen MR) is 130 cm³/mol. The summed E-state index contributed by atoms with van der Waals surface area (Å²) in [6.45, 7) is 2.96. The molecule has 0 aliphatic rings. The molecule has 0 fully saturated rings. The van der Waals surface area contributed by atoms with Gasteiger partial charge >= 0.3 is 11.8 Å². The van der Waals surface area contributed by atoms with Crippen LogP contribution in [0.5, 0.6) is 0 Å².